The van der Waals surface area contributed by atoms with Crippen molar-refractivity contribution in [3.63, 3.8) is 0 Å². The molecular formula is C60H34Br2F14S4. The highest BCUT2D eigenvalue weighted by Crippen LogP contribution is 2.44. The minimum Gasteiger partial charge on any atom is -0.204 e. The average Bonchev–Trinajstić information content (AvgIpc) is 4.36. The van der Waals surface area contributed by atoms with Crippen molar-refractivity contribution < 1.29 is 61.5 Å². The molecule has 0 unspecified atom stereocenters. The first-order valence-corrected chi connectivity index (χ1v) is 29.0. The van der Waals surface area contributed by atoms with E-state index in [1.165, 1.54) is 21.6 Å². The standard InChI is InChI=1S/C60H34Br2F14S4/c1-3-5-7-9-11-29-15-25-39(77-29)41-27-17-31(79-41)13-19-35-49(65)53(69)37(54(70)50(35)66)23-21-33-47(63)45(61)43(59(75)57(33)73)44-46(62)48(64)34(58(74)60(44)76)22-24-38-55(71)51(67)36(52(68)56(38)72)20-14-32-18-28-42(80-32)40-26-16-30(78-40)12-10-8-6-4-2/h15-18,25-28H,3-12H2,1-2H3. The van der Waals surface area contributed by atoms with Crippen molar-refractivity contribution in [1.29, 1.82) is 0 Å². The molecule has 0 atom stereocenters. The lowest BCUT2D eigenvalue weighted by Gasteiger charge is -2.15. The van der Waals surface area contributed by atoms with Crippen molar-refractivity contribution in [2.45, 2.75) is 78.1 Å². The maximum Gasteiger partial charge on any atom is 0.178 e. The number of benzene rings is 4. The Hall–Kier alpha value is -6.10. The zero-order valence-corrected chi connectivity index (χ0v) is 47.8. The van der Waals surface area contributed by atoms with E-state index in [-0.39, 0.29) is 9.75 Å². The summed E-state index contributed by atoms with van der Waals surface area (Å²) in [6.45, 7) is 4.23. The number of unbranched alkanes of at least 4 members (excludes halogenated alkanes) is 6. The molecule has 8 aromatic rings. The Morgan fingerprint density at radius 2 is 0.562 bits per heavy atom. The van der Waals surface area contributed by atoms with Gasteiger partial charge in [-0.05, 0) is 106 Å². The number of hydrogen-bond donors (Lipinski definition) is 0. The van der Waals surface area contributed by atoms with Gasteiger partial charge in [0.2, 0.25) is 0 Å². The lowest BCUT2D eigenvalue weighted by atomic mass is 9.98. The number of hydrogen-bond acceptors (Lipinski definition) is 4. The largest absolute Gasteiger partial charge is 0.204 e. The van der Waals surface area contributed by atoms with E-state index < -0.39 is 135 Å². The van der Waals surface area contributed by atoms with Gasteiger partial charge in [0.25, 0.3) is 0 Å². The van der Waals surface area contributed by atoms with Crippen LogP contribution in [-0.2, 0) is 12.8 Å². The van der Waals surface area contributed by atoms with Crippen LogP contribution in [0.1, 0.15) is 118 Å². The maximum atomic E-state index is 15.9. The number of thiophene rings is 4. The van der Waals surface area contributed by atoms with Crippen LogP contribution in [0, 0.1) is 129 Å². The highest BCUT2D eigenvalue weighted by Gasteiger charge is 2.33. The van der Waals surface area contributed by atoms with Crippen molar-refractivity contribution in [3.8, 4) is 78.0 Å². The zero-order chi connectivity index (χ0) is 57.7. The fraction of sp³-hybridized carbons (Fsp3) is 0.200. The molecule has 410 valence electrons. The number of rotatable bonds is 13. The van der Waals surface area contributed by atoms with Gasteiger partial charge in [-0.2, -0.15) is 0 Å². The first-order valence-electron chi connectivity index (χ1n) is 24.2. The second-order valence-corrected chi connectivity index (χ2v) is 23.6. The second-order valence-electron chi connectivity index (χ2n) is 17.5. The summed E-state index contributed by atoms with van der Waals surface area (Å²) >= 11 is 10.5. The second kappa shape index (κ2) is 26.2. The fourth-order valence-corrected chi connectivity index (χ4v) is 13.1. The van der Waals surface area contributed by atoms with Crippen molar-refractivity contribution in [3.05, 3.63) is 192 Å². The van der Waals surface area contributed by atoms with E-state index in [2.05, 4.69) is 69.4 Å². The van der Waals surface area contributed by atoms with Crippen molar-refractivity contribution >= 4 is 77.2 Å². The highest BCUT2D eigenvalue weighted by atomic mass is 79.9. The van der Waals surface area contributed by atoms with Gasteiger partial charge >= 0.3 is 0 Å². The van der Waals surface area contributed by atoms with Gasteiger partial charge in [0, 0.05) is 40.4 Å². The molecule has 4 heterocycles. The average molecular weight is 1310 g/mol. The summed E-state index contributed by atoms with van der Waals surface area (Å²) in [6.07, 6.45) is 10.5. The molecule has 0 aliphatic carbocycles. The first-order chi connectivity index (χ1) is 38.3. The number of halogens is 16. The van der Waals surface area contributed by atoms with Crippen LogP contribution in [0.4, 0.5) is 61.5 Å². The van der Waals surface area contributed by atoms with Crippen LogP contribution in [0.25, 0.3) is 30.6 Å². The Balaban J connectivity index is 1.03. The Bertz CT molecular complexity index is 3630. The minimum absolute atomic E-state index is 0.286. The topological polar surface area (TPSA) is 0 Å². The monoisotopic (exact) mass is 1310 g/mol. The van der Waals surface area contributed by atoms with Crippen molar-refractivity contribution in [2.24, 2.45) is 0 Å². The van der Waals surface area contributed by atoms with E-state index in [1.807, 2.05) is 24.3 Å². The summed E-state index contributed by atoms with van der Waals surface area (Å²) in [4.78, 5) is 6.31. The van der Waals surface area contributed by atoms with Crippen molar-refractivity contribution in [1.82, 2.24) is 0 Å². The quantitative estimate of drug-likeness (QED) is 0.0467. The summed E-state index contributed by atoms with van der Waals surface area (Å²) in [7, 11) is 0. The van der Waals surface area contributed by atoms with Crippen LogP contribution in [0.2, 0.25) is 0 Å². The first kappa shape index (κ1) is 60.0. The van der Waals surface area contributed by atoms with Gasteiger partial charge in [0.1, 0.15) is 33.4 Å². The molecule has 0 fully saturated rings. The molecule has 0 amide bonds. The normalized spacial score (nSPS) is 11.0. The van der Waals surface area contributed by atoms with Gasteiger partial charge in [0.15, 0.2) is 81.4 Å². The molecule has 0 radical (unpaired) electrons. The van der Waals surface area contributed by atoms with Crippen LogP contribution < -0.4 is 0 Å². The van der Waals surface area contributed by atoms with Gasteiger partial charge in [0.05, 0.1) is 18.7 Å². The van der Waals surface area contributed by atoms with E-state index in [4.69, 9.17) is 0 Å². The molecule has 0 saturated heterocycles. The molecule has 0 saturated carbocycles. The highest BCUT2D eigenvalue weighted by molar-refractivity contribution is 9.11. The van der Waals surface area contributed by atoms with Crippen LogP contribution in [0.5, 0.6) is 0 Å². The minimum atomic E-state index is -2.35. The lowest BCUT2D eigenvalue weighted by Crippen LogP contribution is -2.07. The Morgan fingerprint density at radius 3 is 0.875 bits per heavy atom. The van der Waals surface area contributed by atoms with Gasteiger partial charge in [-0.15, -0.1) is 45.3 Å². The molecule has 4 aromatic carbocycles. The molecule has 8 rings (SSSR count). The third kappa shape index (κ3) is 12.5. The molecule has 20 heteroatoms. The maximum absolute atomic E-state index is 15.9. The molecule has 4 aromatic heterocycles. The molecule has 0 nitrogen and oxygen atoms in total. The lowest BCUT2D eigenvalue weighted by molar-refractivity contribution is 0.447. The zero-order valence-electron chi connectivity index (χ0n) is 41.4. The van der Waals surface area contributed by atoms with Crippen LogP contribution >= 0.6 is 77.2 Å². The Labute approximate surface area is 483 Å². The van der Waals surface area contributed by atoms with E-state index >= 15 is 61.5 Å². The summed E-state index contributed by atoms with van der Waals surface area (Å²) in [5, 5.41) is 0. The van der Waals surface area contributed by atoms with Crippen LogP contribution in [0.15, 0.2) is 57.5 Å². The molecular weight excluding hydrogens is 1270 g/mol. The third-order valence-corrected chi connectivity index (χ3v) is 18.3. The van der Waals surface area contributed by atoms with Crippen LogP contribution in [-0.4, -0.2) is 0 Å². The summed E-state index contributed by atoms with van der Waals surface area (Å²) in [6, 6.07) is 14.4. The summed E-state index contributed by atoms with van der Waals surface area (Å²) in [5.74, 6) is -14.7. The molecule has 0 N–H and O–H groups in total. The molecule has 80 heavy (non-hydrogen) atoms. The van der Waals surface area contributed by atoms with E-state index in [0.29, 0.717) is 0 Å². The van der Waals surface area contributed by atoms with Gasteiger partial charge in [-0.3, -0.25) is 0 Å². The van der Waals surface area contributed by atoms with Crippen molar-refractivity contribution in [2.75, 3.05) is 0 Å². The Kier molecular flexibility index (Phi) is 19.7. The molecule has 0 spiro atoms. The number of aryl methyl sites for hydroxylation is 2. The summed E-state index contributed by atoms with van der Waals surface area (Å²) < 4.78 is 214. The SMILES string of the molecule is CCCCCCc1ccc(-c2ccc(C#Cc3c(F)c(F)c(C#Cc4c(F)c(F)c(-c5c(F)c(F)c(C#Cc6c(F)c(F)c(C#Cc7ccc(-c8ccc(CCCCCC)s8)s7)c(F)c6F)c(F)c5Br)c(Br)c4F)c(F)c3F)s2)s1. The fourth-order valence-electron chi connectivity index (χ4n) is 7.94. The molecule has 0 aliphatic rings. The summed E-state index contributed by atoms with van der Waals surface area (Å²) in [5.41, 5.74) is -12.5. The van der Waals surface area contributed by atoms with E-state index in [0.717, 1.165) is 106 Å². The molecule has 0 aliphatic heterocycles. The van der Waals surface area contributed by atoms with Gasteiger partial charge in [-0.1, -0.05) is 99.7 Å². The smallest absolute Gasteiger partial charge is 0.178 e. The Morgan fingerprint density at radius 1 is 0.300 bits per heavy atom. The predicted octanol–water partition coefficient (Wildman–Crippen LogP) is 20.3. The third-order valence-electron chi connectivity index (χ3n) is 12.1. The van der Waals surface area contributed by atoms with Crippen LogP contribution in [0.3, 0.4) is 0 Å². The predicted molar refractivity (Wildman–Crippen MR) is 294 cm³/mol. The van der Waals surface area contributed by atoms with E-state index in [1.54, 1.807) is 58.8 Å². The van der Waals surface area contributed by atoms with E-state index in [9.17, 15) is 0 Å². The van der Waals surface area contributed by atoms with Gasteiger partial charge < -0.3 is 0 Å². The van der Waals surface area contributed by atoms with Gasteiger partial charge in [-0.25, -0.2) is 61.5 Å². The molecule has 0 bridgehead atoms.